The van der Waals surface area contributed by atoms with E-state index < -0.39 is 0 Å². The second-order valence-corrected chi connectivity index (χ2v) is 6.84. The fourth-order valence-corrected chi connectivity index (χ4v) is 2.82. The van der Waals surface area contributed by atoms with Crippen molar-refractivity contribution in [3.63, 3.8) is 0 Å². The van der Waals surface area contributed by atoms with Gasteiger partial charge in [-0.25, -0.2) is 4.98 Å². The molecule has 2 aromatic rings. The molecule has 26 heavy (non-hydrogen) atoms. The number of aryl methyl sites for hydroxylation is 1. The Bertz CT molecular complexity index is 713. The summed E-state index contributed by atoms with van der Waals surface area (Å²) in [5.41, 5.74) is 0.924. The van der Waals surface area contributed by atoms with Gasteiger partial charge in [0.25, 0.3) is 0 Å². The Labute approximate surface area is 154 Å². The standard InChI is InChI=1S/C20H27N3O3/c1-15(2)20-21-16(3)12-19(22-20)26-14-18-13-23(9-11-25-18)8-4-6-17-7-5-10-24-17/h4-7,10,12,15,18H,8-9,11,13-14H2,1-3H3. The van der Waals surface area contributed by atoms with Crippen molar-refractivity contribution in [2.45, 2.75) is 32.8 Å². The zero-order valence-corrected chi connectivity index (χ0v) is 15.7. The van der Waals surface area contributed by atoms with Gasteiger partial charge in [0.15, 0.2) is 0 Å². The van der Waals surface area contributed by atoms with Gasteiger partial charge in [-0.3, -0.25) is 4.90 Å². The highest BCUT2D eigenvalue weighted by Gasteiger charge is 2.20. The summed E-state index contributed by atoms with van der Waals surface area (Å²) in [6.45, 7) is 9.95. The molecule has 0 spiro atoms. The van der Waals surface area contributed by atoms with Crippen LogP contribution in [0.5, 0.6) is 5.88 Å². The van der Waals surface area contributed by atoms with Crippen LogP contribution in [0.25, 0.3) is 6.08 Å². The number of morpholine rings is 1. The van der Waals surface area contributed by atoms with Crippen LogP contribution in [0.2, 0.25) is 0 Å². The van der Waals surface area contributed by atoms with Crippen LogP contribution in [0.3, 0.4) is 0 Å². The number of ether oxygens (including phenoxy) is 2. The third-order valence-corrected chi connectivity index (χ3v) is 4.19. The maximum Gasteiger partial charge on any atom is 0.216 e. The molecule has 1 saturated heterocycles. The van der Waals surface area contributed by atoms with Gasteiger partial charge in [0.1, 0.15) is 24.3 Å². The molecule has 1 aliphatic heterocycles. The number of rotatable bonds is 7. The summed E-state index contributed by atoms with van der Waals surface area (Å²) in [4.78, 5) is 11.3. The van der Waals surface area contributed by atoms with Gasteiger partial charge >= 0.3 is 0 Å². The maximum absolute atomic E-state index is 5.89. The topological polar surface area (TPSA) is 60.6 Å². The van der Waals surface area contributed by atoms with Gasteiger partial charge in [-0.1, -0.05) is 19.9 Å². The summed E-state index contributed by atoms with van der Waals surface area (Å²) < 4.78 is 17.0. The van der Waals surface area contributed by atoms with Gasteiger partial charge in [-0.05, 0) is 25.1 Å². The third-order valence-electron chi connectivity index (χ3n) is 4.19. The fraction of sp³-hybridized carbons (Fsp3) is 0.500. The van der Waals surface area contributed by atoms with Gasteiger partial charge in [0, 0.05) is 37.3 Å². The Morgan fingerprint density at radius 1 is 1.38 bits per heavy atom. The SMILES string of the molecule is Cc1cc(OCC2CN(CC=Cc3ccco3)CCO2)nc(C(C)C)n1. The van der Waals surface area contributed by atoms with Crippen molar-refractivity contribution < 1.29 is 13.9 Å². The van der Waals surface area contributed by atoms with Gasteiger partial charge < -0.3 is 13.9 Å². The van der Waals surface area contributed by atoms with Gasteiger partial charge in [-0.15, -0.1) is 0 Å². The summed E-state index contributed by atoms with van der Waals surface area (Å²) >= 11 is 0. The molecule has 3 heterocycles. The molecular formula is C20H27N3O3. The number of nitrogens with zero attached hydrogens (tertiary/aromatic N) is 3. The lowest BCUT2D eigenvalue weighted by Gasteiger charge is -2.31. The normalized spacial score (nSPS) is 18.7. The van der Waals surface area contributed by atoms with Gasteiger partial charge in [0.05, 0.1) is 12.9 Å². The molecule has 0 aliphatic carbocycles. The minimum atomic E-state index is 0.0403. The van der Waals surface area contributed by atoms with Crippen LogP contribution in [0.1, 0.15) is 37.0 Å². The second-order valence-electron chi connectivity index (χ2n) is 6.84. The van der Waals surface area contributed by atoms with Crippen LogP contribution in [-0.4, -0.2) is 53.8 Å². The van der Waals surface area contributed by atoms with E-state index in [2.05, 4.69) is 34.8 Å². The summed E-state index contributed by atoms with van der Waals surface area (Å²) in [6, 6.07) is 5.71. The molecule has 0 saturated carbocycles. The highest BCUT2D eigenvalue weighted by Crippen LogP contribution is 2.16. The highest BCUT2D eigenvalue weighted by atomic mass is 16.5. The molecule has 140 valence electrons. The van der Waals surface area contributed by atoms with Crippen molar-refractivity contribution in [1.82, 2.24) is 14.9 Å². The minimum absolute atomic E-state index is 0.0403. The van der Waals surface area contributed by atoms with E-state index in [-0.39, 0.29) is 12.0 Å². The van der Waals surface area contributed by atoms with Crippen molar-refractivity contribution in [3.8, 4) is 5.88 Å². The molecule has 6 nitrogen and oxygen atoms in total. The van der Waals surface area contributed by atoms with Crippen LogP contribution in [-0.2, 0) is 4.74 Å². The van der Waals surface area contributed by atoms with E-state index in [0.29, 0.717) is 19.1 Å². The van der Waals surface area contributed by atoms with E-state index in [9.17, 15) is 0 Å². The molecule has 0 amide bonds. The quantitative estimate of drug-likeness (QED) is 0.758. The van der Waals surface area contributed by atoms with E-state index in [4.69, 9.17) is 13.9 Å². The third kappa shape index (κ3) is 5.41. The van der Waals surface area contributed by atoms with Gasteiger partial charge in [-0.2, -0.15) is 4.98 Å². The molecule has 1 fully saturated rings. The first-order valence-corrected chi connectivity index (χ1v) is 9.12. The van der Waals surface area contributed by atoms with Crippen molar-refractivity contribution in [2.75, 3.05) is 32.8 Å². The number of furan rings is 1. The van der Waals surface area contributed by atoms with Crippen molar-refractivity contribution in [2.24, 2.45) is 0 Å². The molecule has 1 unspecified atom stereocenters. The van der Waals surface area contributed by atoms with Crippen molar-refractivity contribution >= 4 is 6.08 Å². The van der Waals surface area contributed by atoms with Crippen LogP contribution in [0.15, 0.2) is 35.0 Å². The molecule has 0 aromatic carbocycles. The molecule has 1 atom stereocenters. The highest BCUT2D eigenvalue weighted by molar-refractivity contribution is 5.42. The summed E-state index contributed by atoms with van der Waals surface area (Å²) in [7, 11) is 0. The Morgan fingerprint density at radius 3 is 3.04 bits per heavy atom. The predicted octanol–water partition coefficient (Wildman–Crippen LogP) is 3.29. The summed E-state index contributed by atoms with van der Waals surface area (Å²) in [5, 5.41) is 0. The van der Waals surface area contributed by atoms with E-state index in [1.165, 1.54) is 0 Å². The average molecular weight is 357 g/mol. The van der Waals surface area contributed by atoms with E-state index in [0.717, 1.165) is 36.9 Å². The van der Waals surface area contributed by atoms with Crippen LogP contribution < -0.4 is 4.74 Å². The first-order valence-electron chi connectivity index (χ1n) is 9.12. The van der Waals surface area contributed by atoms with E-state index in [1.807, 2.05) is 31.2 Å². The number of hydrogen-bond acceptors (Lipinski definition) is 6. The summed E-state index contributed by atoms with van der Waals surface area (Å²) in [6.07, 6.45) is 5.84. The Hall–Kier alpha value is -2.18. The van der Waals surface area contributed by atoms with Gasteiger partial charge in [0.2, 0.25) is 5.88 Å². The lowest BCUT2D eigenvalue weighted by Crippen LogP contribution is -2.44. The lowest BCUT2D eigenvalue weighted by atomic mass is 10.2. The first kappa shape index (κ1) is 18.6. The molecule has 0 radical (unpaired) electrons. The Kier molecular flexibility index (Phi) is 6.41. The minimum Gasteiger partial charge on any atom is -0.475 e. The number of aromatic nitrogens is 2. The zero-order chi connectivity index (χ0) is 18.4. The van der Waals surface area contributed by atoms with E-state index in [1.54, 1.807) is 6.26 Å². The molecular weight excluding hydrogens is 330 g/mol. The first-order chi connectivity index (χ1) is 12.6. The zero-order valence-electron chi connectivity index (χ0n) is 15.7. The second kappa shape index (κ2) is 8.96. The molecule has 1 aliphatic rings. The van der Waals surface area contributed by atoms with Crippen LogP contribution >= 0.6 is 0 Å². The Morgan fingerprint density at radius 2 is 2.27 bits per heavy atom. The van der Waals surface area contributed by atoms with Crippen LogP contribution in [0.4, 0.5) is 0 Å². The fourth-order valence-electron chi connectivity index (χ4n) is 2.82. The van der Waals surface area contributed by atoms with Crippen molar-refractivity contribution in [1.29, 1.82) is 0 Å². The van der Waals surface area contributed by atoms with Crippen molar-refractivity contribution in [3.05, 3.63) is 47.8 Å². The molecule has 3 rings (SSSR count). The Balaban J connectivity index is 1.49. The number of hydrogen-bond donors (Lipinski definition) is 0. The van der Waals surface area contributed by atoms with E-state index >= 15 is 0 Å². The van der Waals surface area contributed by atoms with Crippen LogP contribution in [0, 0.1) is 6.92 Å². The predicted molar refractivity (Wildman–Crippen MR) is 100 cm³/mol. The molecule has 0 N–H and O–H groups in total. The molecule has 6 heteroatoms. The monoisotopic (exact) mass is 357 g/mol. The average Bonchev–Trinajstić information content (AvgIpc) is 3.13. The maximum atomic E-state index is 5.89. The largest absolute Gasteiger partial charge is 0.475 e. The molecule has 0 bridgehead atoms. The summed E-state index contributed by atoms with van der Waals surface area (Å²) in [5.74, 6) is 2.59. The lowest BCUT2D eigenvalue weighted by molar-refractivity contribution is -0.0452. The molecule has 2 aromatic heterocycles. The smallest absolute Gasteiger partial charge is 0.216 e.